The van der Waals surface area contributed by atoms with Crippen molar-refractivity contribution in [2.75, 3.05) is 0 Å². The molecule has 2 aromatic rings. The molecule has 0 spiro atoms. The quantitative estimate of drug-likeness (QED) is 0.679. The van der Waals surface area contributed by atoms with Crippen LogP contribution in [-0.2, 0) is 0 Å². The van der Waals surface area contributed by atoms with Crippen molar-refractivity contribution < 1.29 is 4.74 Å². The fraction of sp³-hybridized carbons (Fsp3) is 0. The van der Waals surface area contributed by atoms with E-state index in [0.717, 1.165) is 8.95 Å². The Morgan fingerprint density at radius 1 is 1.00 bits per heavy atom. The molecule has 0 amide bonds. The van der Waals surface area contributed by atoms with Gasteiger partial charge in [-0.25, -0.2) is 0 Å². The van der Waals surface area contributed by atoms with Crippen LogP contribution in [0.4, 0.5) is 0 Å². The molecule has 0 fully saturated rings. The van der Waals surface area contributed by atoms with Crippen molar-refractivity contribution in [3.05, 3.63) is 55.9 Å². The molecule has 0 saturated carbocycles. The molecule has 0 heterocycles. The molecule has 0 aliphatic carbocycles. The molecule has 0 saturated heterocycles. The average molecular weight is 387 g/mol. The normalized spacial score (nSPS) is 9.89. The predicted molar refractivity (Wildman–Crippen MR) is 78.1 cm³/mol. The van der Waals surface area contributed by atoms with Crippen LogP contribution >= 0.6 is 43.5 Å². The summed E-state index contributed by atoms with van der Waals surface area (Å²) in [6.07, 6.45) is 0. The zero-order valence-electron chi connectivity index (χ0n) is 8.95. The van der Waals surface area contributed by atoms with Crippen molar-refractivity contribution >= 4 is 43.5 Å². The molecule has 18 heavy (non-hydrogen) atoms. The highest BCUT2D eigenvalue weighted by Gasteiger charge is 2.08. The molecular formula is C13H6Br2ClNO. The van der Waals surface area contributed by atoms with E-state index in [-0.39, 0.29) is 0 Å². The maximum atomic E-state index is 9.05. The number of nitriles is 1. The standard InChI is InChI=1S/C13H6Br2ClNO/c14-9-2-4-12(8(5-9)7-17)18-13-6-10(15)1-3-11(13)16/h1-6H. The van der Waals surface area contributed by atoms with Crippen LogP contribution in [0.15, 0.2) is 45.3 Å². The maximum absolute atomic E-state index is 9.05. The summed E-state index contributed by atoms with van der Waals surface area (Å²) < 4.78 is 7.35. The van der Waals surface area contributed by atoms with Gasteiger partial charge in [-0.3, -0.25) is 0 Å². The highest BCUT2D eigenvalue weighted by Crippen LogP contribution is 2.34. The van der Waals surface area contributed by atoms with Crippen LogP contribution in [0, 0.1) is 11.3 Å². The number of nitrogens with zero attached hydrogens (tertiary/aromatic N) is 1. The molecule has 0 atom stereocenters. The predicted octanol–water partition coefficient (Wildman–Crippen LogP) is 5.53. The van der Waals surface area contributed by atoms with Gasteiger partial charge >= 0.3 is 0 Å². The van der Waals surface area contributed by atoms with E-state index in [1.54, 1.807) is 24.3 Å². The topological polar surface area (TPSA) is 33.0 Å². The highest BCUT2D eigenvalue weighted by molar-refractivity contribution is 9.10. The van der Waals surface area contributed by atoms with Crippen LogP contribution < -0.4 is 4.74 Å². The molecule has 0 radical (unpaired) electrons. The molecule has 0 aromatic heterocycles. The van der Waals surface area contributed by atoms with Gasteiger partial charge in [0.15, 0.2) is 0 Å². The van der Waals surface area contributed by atoms with Gasteiger partial charge in [0.2, 0.25) is 0 Å². The molecule has 2 rings (SSSR count). The Morgan fingerprint density at radius 2 is 1.67 bits per heavy atom. The van der Waals surface area contributed by atoms with Gasteiger partial charge in [-0.15, -0.1) is 0 Å². The molecule has 0 N–H and O–H groups in total. The smallest absolute Gasteiger partial charge is 0.147 e. The molecule has 2 nitrogen and oxygen atoms in total. The summed E-state index contributed by atoms with van der Waals surface area (Å²) in [5.74, 6) is 0.977. The molecule has 0 unspecified atom stereocenters. The zero-order valence-corrected chi connectivity index (χ0v) is 12.9. The van der Waals surface area contributed by atoms with Crippen LogP contribution in [0.25, 0.3) is 0 Å². The van der Waals surface area contributed by atoms with Gasteiger partial charge in [-0.1, -0.05) is 43.5 Å². The Labute approximate surface area is 126 Å². The summed E-state index contributed by atoms with van der Waals surface area (Å²) in [4.78, 5) is 0. The van der Waals surface area contributed by atoms with E-state index in [9.17, 15) is 0 Å². The van der Waals surface area contributed by atoms with Crippen molar-refractivity contribution in [1.82, 2.24) is 0 Å². The summed E-state index contributed by atoms with van der Waals surface area (Å²) >= 11 is 12.7. The minimum atomic E-state index is 0.445. The summed E-state index contributed by atoms with van der Waals surface area (Å²) in [6, 6.07) is 12.6. The van der Waals surface area contributed by atoms with E-state index in [4.69, 9.17) is 21.6 Å². The Bertz CT molecular complexity index is 637. The number of halogens is 3. The lowest BCUT2D eigenvalue weighted by Crippen LogP contribution is -1.89. The number of benzene rings is 2. The molecule has 2 aromatic carbocycles. The van der Waals surface area contributed by atoms with Crippen LogP contribution in [0.3, 0.4) is 0 Å². The van der Waals surface area contributed by atoms with Crippen LogP contribution in [0.2, 0.25) is 5.02 Å². The van der Waals surface area contributed by atoms with E-state index in [1.807, 2.05) is 12.1 Å². The van der Waals surface area contributed by atoms with Gasteiger partial charge in [0, 0.05) is 8.95 Å². The Balaban J connectivity index is 2.40. The van der Waals surface area contributed by atoms with E-state index in [1.165, 1.54) is 0 Å². The van der Waals surface area contributed by atoms with E-state index in [0.29, 0.717) is 22.1 Å². The van der Waals surface area contributed by atoms with Gasteiger partial charge in [0.05, 0.1) is 10.6 Å². The monoisotopic (exact) mass is 385 g/mol. The summed E-state index contributed by atoms with van der Waals surface area (Å²) in [5.41, 5.74) is 0.445. The van der Waals surface area contributed by atoms with Crippen molar-refractivity contribution in [3.63, 3.8) is 0 Å². The lowest BCUT2D eigenvalue weighted by molar-refractivity contribution is 0.481. The van der Waals surface area contributed by atoms with Crippen LogP contribution in [0.5, 0.6) is 11.5 Å². The van der Waals surface area contributed by atoms with Gasteiger partial charge in [-0.2, -0.15) is 5.26 Å². The number of ether oxygens (including phenoxy) is 1. The third-order valence-corrected chi connectivity index (χ3v) is 3.47. The molecular weight excluding hydrogens is 381 g/mol. The fourth-order valence-electron chi connectivity index (χ4n) is 1.35. The third kappa shape index (κ3) is 3.05. The maximum Gasteiger partial charge on any atom is 0.147 e. The van der Waals surface area contributed by atoms with E-state index >= 15 is 0 Å². The molecule has 0 bridgehead atoms. The van der Waals surface area contributed by atoms with Crippen molar-refractivity contribution in [3.8, 4) is 17.6 Å². The van der Waals surface area contributed by atoms with Gasteiger partial charge in [-0.05, 0) is 36.4 Å². The van der Waals surface area contributed by atoms with Crippen LogP contribution in [-0.4, -0.2) is 0 Å². The molecule has 5 heteroatoms. The average Bonchev–Trinajstić information content (AvgIpc) is 2.36. The fourth-order valence-corrected chi connectivity index (χ4v) is 2.21. The molecule has 90 valence electrons. The zero-order chi connectivity index (χ0) is 13.1. The van der Waals surface area contributed by atoms with E-state index in [2.05, 4.69) is 37.9 Å². The summed E-state index contributed by atoms with van der Waals surface area (Å²) in [6.45, 7) is 0. The van der Waals surface area contributed by atoms with Crippen molar-refractivity contribution in [2.24, 2.45) is 0 Å². The second-order valence-corrected chi connectivity index (χ2v) is 5.67. The SMILES string of the molecule is N#Cc1cc(Br)ccc1Oc1cc(Br)ccc1Cl. The van der Waals surface area contributed by atoms with Crippen LogP contribution in [0.1, 0.15) is 5.56 Å². The van der Waals surface area contributed by atoms with Crippen molar-refractivity contribution in [2.45, 2.75) is 0 Å². The first-order valence-electron chi connectivity index (χ1n) is 4.92. The van der Waals surface area contributed by atoms with Crippen molar-refractivity contribution in [1.29, 1.82) is 5.26 Å². The minimum absolute atomic E-state index is 0.445. The summed E-state index contributed by atoms with van der Waals surface area (Å²) in [5, 5.41) is 9.54. The second kappa shape index (κ2) is 5.75. The summed E-state index contributed by atoms with van der Waals surface area (Å²) in [7, 11) is 0. The first-order valence-corrected chi connectivity index (χ1v) is 6.89. The number of rotatable bonds is 2. The number of hydrogen-bond acceptors (Lipinski definition) is 2. The van der Waals surface area contributed by atoms with E-state index < -0.39 is 0 Å². The van der Waals surface area contributed by atoms with Gasteiger partial charge in [0.25, 0.3) is 0 Å². The van der Waals surface area contributed by atoms with Gasteiger partial charge in [0.1, 0.15) is 17.6 Å². The third-order valence-electron chi connectivity index (χ3n) is 2.18. The number of hydrogen-bond donors (Lipinski definition) is 0. The highest BCUT2D eigenvalue weighted by atomic mass is 79.9. The molecule has 0 aliphatic heterocycles. The lowest BCUT2D eigenvalue weighted by Gasteiger charge is -2.09. The Morgan fingerprint density at radius 3 is 2.39 bits per heavy atom. The lowest BCUT2D eigenvalue weighted by atomic mass is 10.2. The largest absolute Gasteiger partial charge is 0.454 e. The second-order valence-electron chi connectivity index (χ2n) is 3.43. The molecule has 0 aliphatic rings. The Kier molecular flexibility index (Phi) is 4.28. The first kappa shape index (κ1) is 13.4. The Hall–Kier alpha value is -1.02. The van der Waals surface area contributed by atoms with Gasteiger partial charge < -0.3 is 4.74 Å². The minimum Gasteiger partial charge on any atom is -0.454 e. The first-order chi connectivity index (χ1) is 8.60.